The van der Waals surface area contributed by atoms with Crippen molar-refractivity contribution in [3.05, 3.63) is 75.0 Å². The Bertz CT molecular complexity index is 1190. The van der Waals surface area contributed by atoms with Crippen molar-refractivity contribution in [2.45, 2.75) is 27.3 Å². The zero-order chi connectivity index (χ0) is 24.1. The van der Waals surface area contributed by atoms with Crippen molar-refractivity contribution in [3.8, 4) is 17.2 Å². The summed E-state index contributed by atoms with van der Waals surface area (Å²) in [6.07, 6.45) is 5.96. The first-order valence-corrected chi connectivity index (χ1v) is 12.3. The molecule has 4 rings (SSSR count). The van der Waals surface area contributed by atoms with Gasteiger partial charge in [0.1, 0.15) is 5.84 Å². The summed E-state index contributed by atoms with van der Waals surface area (Å²) in [5, 5.41) is 0. The predicted octanol–water partition coefficient (Wildman–Crippen LogP) is 5.53. The topological polar surface area (TPSA) is 72.7 Å². The molecule has 8 heteroatoms. The molecular weight excluding hydrogens is 545 g/mol. The van der Waals surface area contributed by atoms with Crippen LogP contribution in [0.1, 0.15) is 42.3 Å². The van der Waals surface area contributed by atoms with Crippen molar-refractivity contribution in [1.82, 2.24) is 4.90 Å². The van der Waals surface area contributed by atoms with Crippen LogP contribution in [0.2, 0.25) is 0 Å². The average Bonchev–Trinajstić information content (AvgIpc) is 2.97. The number of amidine groups is 2. The number of hydrogen-bond donors (Lipinski definition) is 0. The van der Waals surface area contributed by atoms with Crippen molar-refractivity contribution >= 4 is 40.2 Å². The van der Waals surface area contributed by atoms with Crippen LogP contribution in [0.15, 0.2) is 68.3 Å². The quantitative estimate of drug-likeness (QED) is 0.409. The first kappa shape index (κ1) is 24.0. The zero-order valence-corrected chi connectivity index (χ0v) is 21.5. The Balaban J connectivity index is 1.80. The minimum atomic E-state index is -0.433. The second-order valence-electron chi connectivity index (χ2n) is 7.44. The lowest BCUT2D eigenvalue weighted by molar-refractivity contribution is 0.100. The van der Waals surface area contributed by atoms with E-state index in [2.05, 4.69) is 32.5 Å². The summed E-state index contributed by atoms with van der Waals surface area (Å²) < 4.78 is 18.4. The summed E-state index contributed by atoms with van der Waals surface area (Å²) in [6.45, 7) is 7.58. The highest BCUT2D eigenvalue weighted by molar-refractivity contribution is 14.1. The first-order valence-electron chi connectivity index (χ1n) is 11.2. The SMILES string of the molecule is CCOc1cc(C(=O)N=C2N=C3C=CC(I)=CN3Cc3ccccc32)cc(OCC)c1OCC. The maximum absolute atomic E-state index is 13.4. The predicted molar refractivity (Wildman–Crippen MR) is 141 cm³/mol. The highest BCUT2D eigenvalue weighted by Crippen LogP contribution is 2.39. The summed E-state index contributed by atoms with van der Waals surface area (Å²) in [7, 11) is 0. The number of allylic oxidation sites excluding steroid dienone is 2. The number of fused-ring (bicyclic) bond motifs is 2. The van der Waals surface area contributed by atoms with Gasteiger partial charge in [0.05, 0.1) is 19.8 Å². The molecule has 2 aliphatic rings. The monoisotopic (exact) mass is 571 g/mol. The number of halogens is 1. The van der Waals surface area contributed by atoms with Gasteiger partial charge in [-0.1, -0.05) is 24.3 Å². The van der Waals surface area contributed by atoms with Gasteiger partial charge in [-0.2, -0.15) is 4.99 Å². The summed E-state index contributed by atoms with van der Waals surface area (Å²) in [6, 6.07) is 11.2. The summed E-state index contributed by atoms with van der Waals surface area (Å²) >= 11 is 2.28. The number of carbonyl (C=O) groups is 1. The van der Waals surface area contributed by atoms with Gasteiger partial charge in [0.15, 0.2) is 17.3 Å². The van der Waals surface area contributed by atoms with Gasteiger partial charge in [-0.05, 0) is 73.2 Å². The van der Waals surface area contributed by atoms with Crippen LogP contribution in [0.4, 0.5) is 0 Å². The summed E-state index contributed by atoms with van der Waals surface area (Å²) in [4.78, 5) is 24.6. The van der Waals surface area contributed by atoms with E-state index in [1.807, 2.05) is 63.4 Å². The molecule has 0 atom stereocenters. The van der Waals surface area contributed by atoms with E-state index in [0.717, 1.165) is 20.5 Å². The van der Waals surface area contributed by atoms with Gasteiger partial charge in [0.25, 0.3) is 5.91 Å². The third-order valence-electron chi connectivity index (χ3n) is 5.15. The highest BCUT2D eigenvalue weighted by atomic mass is 127. The molecule has 7 nitrogen and oxygen atoms in total. The van der Waals surface area contributed by atoms with E-state index in [0.29, 0.717) is 55.0 Å². The van der Waals surface area contributed by atoms with Crippen molar-refractivity contribution < 1.29 is 19.0 Å². The van der Waals surface area contributed by atoms with E-state index in [9.17, 15) is 4.79 Å². The summed E-state index contributed by atoms with van der Waals surface area (Å²) in [5.41, 5.74) is 2.21. The fourth-order valence-electron chi connectivity index (χ4n) is 3.72. The highest BCUT2D eigenvalue weighted by Gasteiger charge is 2.23. The number of carbonyl (C=O) groups excluding carboxylic acids is 1. The largest absolute Gasteiger partial charge is 0.490 e. The molecule has 2 aromatic rings. The van der Waals surface area contributed by atoms with Crippen LogP contribution < -0.4 is 14.2 Å². The van der Waals surface area contributed by atoms with E-state index < -0.39 is 5.91 Å². The molecule has 0 bridgehead atoms. The molecule has 0 unspecified atom stereocenters. The molecule has 0 spiro atoms. The van der Waals surface area contributed by atoms with Crippen molar-refractivity contribution in [3.63, 3.8) is 0 Å². The number of rotatable bonds is 7. The molecule has 0 saturated carbocycles. The van der Waals surface area contributed by atoms with Crippen LogP contribution in [0.5, 0.6) is 17.2 Å². The van der Waals surface area contributed by atoms with Gasteiger partial charge in [-0.25, -0.2) is 4.99 Å². The Morgan fingerprint density at radius 1 is 1.03 bits per heavy atom. The number of amides is 1. The lowest BCUT2D eigenvalue weighted by Gasteiger charge is -2.21. The smallest absolute Gasteiger partial charge is 0.279 e. The van der Waals surface area contributed by atoms with Crippen molar-refractivity contribution in [1.29, 1.82) is 0 Å². The standard InChI is InChI=1S/C26H26IN3O4/c1-4-32-21-13-18(14-22(33-5-2)24(21)34-6-3)26(31)29-25-20-10-8-7-9-17(20)15-30-16-19(27)11-12-23(30)28-25/h7-14,16H,4-6,15H2,1-3H3. The van der Waals surface area contributed by atoms with Gasteiger partial charge < -0.3 is 19.1 Å². The molecule has 0 N–H and O–H groups in total. The number of ether oxygens (including phenoxy) is 3. The fraction of sp³-hybridized carbons (Fsp3) is 0.269. The van der Waals surface area contributed by atoms with Gasteiger partial charge >= 0.3 is 0 Å². The molecule has 1 amide bonds. The molecule has 2 aliphatic heterocycles. The van der Waals surface area contributed by atoms with Gasteiger partial charge in [0.2, 0.25) is 5.75 Å². The van der Waals surface area contributed by atoms with Crippen LogP contribution >= 0.6 is 22.6 Å². The molecule has 0 saturated heterocycles. The van der Waals surface area contributed by atoms with Crippen LogP contribution in [0.3, 0.4) is 0 Å². The number of aliphatic imine (C=N–C) groups is 2. The molecule has 0 fully saturated rings. The maximum atomic E-state index is 13.4. The molecule has 0 aliphatic carbocycles. The number of nitrogens with zero attached hydrogens (tertiary/aromatic N) is 3. The van der Waals surface area contributed by atoms with E-state index in [1.165, 1.54) is 0 Å². The Morgan fingerprint density at radius 3 is 2.38 bits per heavy atom. The Labute approximate surface area is 213 Å². The summed E-state index contributed by atoms with van der Waals surface area (Å²) in [5.74, 6) is 2.06. The Kier molecular flexibility index (Phi) is 7.66. The Morgan fingerprint density at radius 2 is 1.71 bits per heavy atom. The van der Waals surface area contributed by atoms with Gasteiger partial charge in [0, 0.05) is 27.5 Å². The van der Waals surface area contributed by atoms with Gasteiger partial charge in [-0.15, -0.1) is 0 Å². The van der Waals surface area contributed by atoms with E-state index >= 15 is 0 Å². The van der Waals surface area contributed by atoms with Crippen molar-refractivity contribution in [2.24, 2.45) is 9.98 Å². The normalized spacial score (nSPS) is 15.6. The molecular formula is C26H26IN3O4. The fourth-order valence-corrected chi connectivity index (χ4v) is 4.24. The number of benzene rings is 2. The third kappa shape index (κ3) is 5.16. The maximum Gasteiger partial charge on any atom is 0.279 e. The van der Waals surface area contributed by atoms with E-state index in [1.54, 1.807) is 12.1 Å². The molecule has 0 aromatic heterocycles. The van der Waals surface area contributed by atoms with Crippen LogP contribution in [-0.2, 0) is 6.54 Å². The Hall–Kier alpha value is -3.14. The molecule has 176 valence electrons. The third-order valence-corrected chi connectivity index (χ3v) is 5.79. The minimum absolute atomic E-state index is 0.343. The molecule has 0 radical (unpaired) electrons. The number of hydrogen-bond acceptors (Lipinski definition) is 5. The van der Waals surface area contributed by atoms with Crippen LogP contribution in [-0.4, -0.2) is 42.3 Å². The second kappa shape index (κ2) is 10.9. The van der Waals surface area contributed by atoms with Gasteiger partial charge in [-0.3, -0.25) is 4.79 Å². The minimum Gasteiger partial charge on any atom is -0.490 e. The van der Waals surface area contributed by atoms with E-state index in [4.69, 9.17) is 19.2 Å². The second-order valence-corrected chi connectivity index (χ2v) is 8.69. The van der Waals surface area contributed by atoms with Crippen LogP contribution in [0.25, 0.3) is 0 Å². The molecule has 34 heavy (non-hydrogen) atoms. The first-order chi connectivity index (χ1) is 16.5. The lowest BCUT2D eigenvalue weighted by atomic mass is 10.1. The molecule has 2 heterocycles. The molecule has 2 aromatic carbocycles. The lowest BCUT2D eigenvalue weighted by Crippen LogP contribution is -2.24. The van der Waals surface area contributed by atoms with E-state index in [-0.39, 0.29) is 0 Å². The average molecular weight is 571 g/mol. The van der Waals surface area contributed by atoms with Crippen LogP contribution in [0, 0.1) is 0 Å². The van der Waals surface area contributed by atoms with Crippen molar-refractivity contribution in [2.75, 3.05) is 19.8 Å². The zero-order valence-electron chi connectivity index (χ0n) is 19.4.